The van der Waals surface area contributed by atoms with Crippen molar-refractivity contribution in [3.8, 4) is 0 Å². The Hall–Kier alpha value is -0.570. The average Bonchev–Trinajstić information content (AvgIpc) is 2.27. The lowest BCUT2D eigenvalue weighted by Gasteiger charge is -2.36. The predicted octanol–water partition coefficient (Wildman–Crippen LogP) is 2.06. The number of carbonyl (C=O) groups excluding carboxylic acids is 1. The van der Waals surface area contributed by atoms with Gasteiger partial charge in [0.2, 0.25) is 5.91 Å². The lowest BCUT2D eigenvalue weighted by molar-refractivity contribution is -0.122. The molecule has 1 aliphatic rings. The molecule has 3 nitrogen and oxygen atoms in total. The quantitative estimate of drug-likeness (QED) is 0.754. The highest BCUT2D eigenvalue weighted by molar-refractivity contribution is 5.76. The van der Waals surface area contributed by atoms with Crippen LogP contribution in [0.5, 0.6) is 0 Å². The Balaban J connectivity index is 2.35. The lowest BCUT2D eigenvalue weighted by Crippen LogP contribution is -2.43. The van der Waals surface area contributed by atoms with Crippen molar-refractivity contribution in [3.63, 3.8) is 0 Å². The van der Waals surface area contributed by atoms with Crippen molar-refractivity contribution < 1.29 is 4.79 Å². The zero-order valence-electron chi connectivity index (χ0n) is 10.7. The van der Waals surface area contributed by atoms with E-state index in [0.29, 0.717) is 18.9 Å². The van der Waals surface area contributed by atoms with Gasteiger partial charge in [0.05, 0.1) is 0 Å². The van der Waals surface area contributed by atoms with E-state index in [2.05, 4.69) is 19.2 Å². The SMILES string of the molecule is CC(C)CC(=O)NCC1(CN)CCCCC1. The van der Waals surface area contributed by atoms with E-state index in [0.717, 1.165) is 6.54 Å². The van der Waals surface area contributed by atoms with E-state index in [4.69, 9.17) is 5.73 Å². The van der Waals surface area contributed by atoms with Crippen LogP contribution >= 0.6 is 0 Å². The van der Waals surface area contributed by atoms with Gasteiger partial charge in [0.1, 0.15) is 0 Å². The molecule has 0 aliphatic heterocycles. The van der Waals surface area contributed by atoms with Gasteiger partial charge in [-0.15, -0.1) is 0 Å². The molecule has 1 aliphatic carbocycles. The van der Waals surface area contributed by atoms with Gasteiger partial charge in [0.15, 0.2) is 0 Å². The summed E-state index contributed by atoms with van der Waals surface area (Å²) in [6, 6.07) is 0. The largest absolute Gasteiger partial charge is 0.355 e. The molecule has 0 unspecified atom stereocenters. The molecule has 16 heavy (non-hydrogen) atoms. The first-order chi connectivity index (χ1) is 7.58. The molecular formula is C13H26N2O. The minimum absolute atomic E-state index is 0.174. The van der Waals surface area contributed by atoms with Crippen LogP contribution in [-0.2, 0) is 4.79 Å². The Bertz CT molecular complexity index is 220. The highest BCUT2D eigenvalue weighted by Crippen LogP contribution is 2.34. The molecule has 1 fully saturated rings. The molecule has 1 saturated carbocycles. The standard InChI is InChI=1S/C13H26N2O/c1-11(2)8-12(16)15-10-13(9-14)6-4-3-5-7-13/h11H,3-10,14H2,1-2H3,(H,15,16). The highest BCUT2D eigenvalue weighted by Gasteiger charge is 2.30. The summed E-state index contributed by atoms with van der Waals surface area (Å²) in [5, 5.41) is 3.06. The summed E-state index contributed by atoms with van der Waals surface area (Å²) in [6.07, 6.45) is 6.81. The molecule has 0 radical (unpaired) electrons. The van der Waals surface area contributed by atoms with E-state index in [9.17, 15) is 4.79 Å². The molecule has 3 N–H and O–H groups in total. The van der Waals surface area contributed by atoms with Crippen LogP contribution in [0.4, 0.5) is 0 Å². The van der Waals surface area contributed by atoms with Crippen molar-refractivity contribution >= 4 is 5.91 Å². The van der Waals surface area contributed by atoms with E-state index >= 15 is 0 Å². The Morgan fingerprint density at radius 2 is 1.94 bits per heavy atom. The van der Waals surface area contributed by atoms with Crippen molar-refractivity contribution in [1.29, 1.82) is 0 Å². The molecule has 1 amide bonds. The van der Waals surface area contributed by atoms with Crippen LogP contribution in [0.15, 0.2) is 0 Å². The Labute approximate surface area is 99.2 Å². The smallest absolute Gasteiger partial charge is 0.220 e. The molecule has 0 aromatic carbocycles. The average molecular weight is 226 g/mol. The molecule has 0 atom stereocenters. The fourth-order valence-electron chi connectivity index (χ4n) is 2.48. The Kier molecular flexibility index (Phi) is 5.26. The topological polar surface area (TPSA) is 55.1 Å². The van der Waals surface area contributed by atoms with Gasteiger partial charge in [-0.05, 0) is 30.7 Å². The number of hydrogen-bond donors (Lipinski definition) is 2. The van der Waals surface area contributed by atoms with Gasteiger partial charge in [0.25, 0.3) is 0 Å². The molecule has 0 saturated heterocycles. The first kappa shape index (κ1) is 13.5. The fourth-order valence-corrected chi connectivity index (χ4v) is 2.48. The normalized spacial score (nSPS) is 19.8. The number of amides is 1. The van der Waals surface area contributed by atoms with Gasteiger partial charge in [-0.2, -0.15) is 0 Å². The maximum atomic E-state index is 11.6. The Morgan fingerprint density at radius 1 is 1.31 bits per heavy atom. The molecule has 0 spiro atoms. The number of hydrogen-bond acceptors (Lipinski definition) is 2. The third kappa shape index (κ3) is 4.12. The van der Waals surface area contributed by atoms with Crippen LogP contribution in [0, 0.1) is 11.3 Å². The van der Waals surface area contributed by atoms with Crippen LogP contribution in [0.1, 0.15) is 52.4 Å². The second kappa shape index (κ2) is 6.24. The summed E-state index contributed by atoms with van der Waals surface area (Å²) in [6.45, 7) is 5.61. The summed E-state index contributed by atoms with van der Waals surface area (Å²) in [4.78, 5) is 11.6. The monoisotopic (exact) mass is 226 g/mol. The molecule has 0 aromatic rings. The number of nitrogens with two attached hydrogens (primary N) is 1. The van der Waals surface area contributed by atoms with Crippen LogP contribution in [0.3, 0.4) is 0 Å². The first-order valence-electron chi connectivity index (χ1n) is 6.55. The van der Waals surface area contributed by atoms with Crippen molar-refractivity contribution in [3.05, 3.63) is 0 Å². The Morgan fingerprint density at radius 3 is 2.44 bits per heavy atom. The van der Waals surface area contributed by atoms with Crippen LogP contribution in [-0.4, -0.2) is 19.0 Å². The second-order valence-electron chi connectivity index (χ2n) is 5.64. The maximum absolute atomic E-state index is 11.6. The molecular weight excluding hydrogens is 200 g/mol. The van der Waals surface area contributed by atoms with E-state index in [-0.39, 0.29) is 11.3 Å². The molecule has 0 aromatic heterocycles. The molecule has 0 bridgehead atoms. The van der Waals surface area contributed by atoms with E-state index in [1.54, 1.807) is 0 Å². The van der Waals surface area contributed by atoms with E-state index in [1.807, 2.05) is 0 Å². The first-order valence-corrected chi connectivity index (χ1v) is 6.55. The predicted molar refractivity (Wildman–Crippen MR) is 67.0 cm³/mol. The van der Waals surface area contributed by atoms with Crippen molar-refractivity contribution in [1.82, 2.24) is 5.32 Å². The minimum atomic E-state index is 0.174. The summed E-state index contributed by atoms with van der Waals surface area (Å²) < 4.78 is 0. The molecule has 0 heterocycles. The lowest BCUT2D eigenvalue weighted by atomic mass is 9.74. The zero-order valence-corrected chi connectivity index (χ0v) is 10.7. The molecule has 94 valence electrons. The summed E-state index contributed by atoms with van der Waals surface area (Å²) in [5.74, 6) is 0.605. The van der Waals surface area contributed by atoms with Gasteiger partial charge >= 0.3 is 0 Å². The van der Waals surface area contributed by atoms with Gasteiger partial charge < -0.3 is 11.1 Å². The zero-order chi connectivity index (χ0) is 12.0. The summed E-state index contributed by atoms with van der Waals surface area (Å²) in [7, 11) is 0. The molecule has 1 rings (SSSR count). The fraction of sp³-hybridized carbons (Fsp3) is 0.923. The summed E-state index contributed by atoms with van der Waals surface area (Å²) >= 11 is 0. The van der Waals surface area contributed by atoms with Crippen molar-refractivity contribution in [2.75, 3.05) is 13.1 Å². The van der Waals surface area contributed by atoms with Gasteiger partial charge in [-0.25, -0.2) is 0 Å². The number of carbonyl (C=O) groups is 1. The summed E-state index contributed by atoms with van der Waals surface area (Å²) in [5.41, 5.74) is 6.06. The maximum Gasteiger partial charge on any atom is 0.220 e. The molecule has 3 heteroatoms. The highest BCUT2D eigenvalue weighted by atomic mass is 16.1. The van der Waals surface area contributed by atoms with Crippen molar-refractivity contribution in [2.45, 2.75) is 52.4 Å². The second-order valence-corrected chi connectivity index (χ2v) is 5.64. The van der Waals surface area contributed by atoms with Gasteiger partial charge in [0, 0.05) is 13.0 Å². The third-order valence-corrected chi connectivity index (χ3v) is 3.60. The van der Waals surface area contributed by atoms with Crippen LogP contribution in [0.2, 0.25) is 0 Å². The van der Waals surface area contributed by atoms with Crippen LogP contribution in [0.25, 0.3) is 0 Å². The number of rotatable bonds is 5. The third-order valence-electron chi connectivity index (χ3n) is 3.60. The van der Waals surface area contributed by atoms with Gasteiger partial charge in [-0.1, -0.05) is 33.1 Å². The minimum Gasteiger partial charge on any atom is -0.355 e. The van der Waals surface area contributed by atoms with Gasteiger partial charge in [-0.3, -0.25) is 4.79 Å². The van der Waals surface area contributed by atoms with Crippen molar-refractivity contribution in [2.24, 2.45) is 17.1 Å². The van der Waals surface area contributed by atoms with E-state index < -0.39 is 0 Å². The van der Waals surface area contributed by atoms with E-state index in [1.165, 1.54) is 32.1 Å². The number of nitrogens with one attached hydrogen (secondary N) is 1. The van der Waals surface area contributed by atoms with Crippen LogP contribution < -0.4 is 11.1 Å².